The lowest BCUT2D eigenvalue weighted by Crippen LogP contribution is -2.14. The molecule has 3 N–H and O–H groups in total. The molecular weight excluding hydrogens is 471 g/mol. The maximum absolute atomic E-state index is 12.9. The van der Waals surface area contributed by atoms with Gasteiger partial charge in [-0.2, -0.15) is 13.2 Å². The van der Waals surface area contributed by atoms with E-state index in [9.17, 15) is 22.8 Å². The molecule has 29 heavy (non-hydrogen) atoms. The van der Waals surface area contributed by atoms with Crippen molar-refractivity contribution in [1.29, 1.82) is 0 Å². The van der Waals surface area contributed by atoms with Gasteiger partial charge in [-0.1, -0.05) is 12.1 Å². The minimum atomic E-state index is -4.55. The van der Waals surface area contributed by atoms with E-state index in [2.05, 4.69) is 26.2 Å². The number of nitrogens with two attached hydrogens (primary N) is 1. The number of nitrogens with one attached hydrogen (secondary N) is 1. The fourth-order valence-corrected chi connectivity index (χ4v) is 3.96. The second-order valence-corrected chi connectivity index (χ2v) is 8.35. The van der Waals surface area contributed by atoms with Crippen LogP contribution in [0.4, 0.5) is 18.9 Å². The van der Waals surface area contributed by atoms with Crippen molar-refractivity contribution in [3.8, 4) is 11.3 Å². The van der Waals surface area contributed by atoms with Crippen LogP contribution in [0.5, 0.6) is 0 Å². The molecule has 0 fully saturated rings. The number of rotatable bonds is 4. The van der Waals surface area contributed by atoms with Crippen LogP contribution in [-0.4, -0.2) is 16.8 Å². The average Bonchev–Trinajstić information content (AvgIpc) is 3.04. The predicted molar refractivity (Wildman–Crippen MR) is 108 cm³/mol. The second-order valence-electron chi connectivity index (χ2n) is 6.07. The normalized spacial score (nSPS) is 11.3. The van der Waals surface area contributed by atoms with Gasteiger partial charge < -0.3 is 11.1 Å². The molecule has 0 bridgehead atoms. The molecule has 3 aromatic rings. The molecule has 0 aliphatic carbocycles. The molecule has 0 spiro atoms. The van der Waals surface area contributed by atoms with E-state index in [1.54, 1.807) is 25.1 Å². The van der Waals surface area contributed by atoms with Gasteiger partial charge >= 0.3 is 6.18 Å². The number of primary amides is 1. The fraction of sp³-hybridized carbons (Fsp3) is 0.105. The van der Waals surface area contributed by atoms with E-state index in [4.69, 9.17) is 5.73 Å². The number of nitrogens with zero attached hydrogens (tertiary/aromatic N) is 1. The van der Waals surface area contributed by atoms with Crippen molar-refractivity contribution in [3.63, 3.8) is 0 Å². The Kier molecular flexibility index (Phi) is 5.76. The lowest BCUT2D eigenvalue weighted by molar-refractivity contribution is -0.137. The number of hydrogen-bond acceptors (Lipinski definition) is 4. The largest absolute Gasteiger partial charge is 0.416 e. The molecule has 3 rings (SSSR count). The summed E-state index contributed by atoms with van der Waals surface area (Å²) in [5.74, 6) is -1.33. The highest BCUT2D eigenvalue weighted by Gasteiger charge is 2.31. The van der Waals surface area contributed by atoms with Gasteiger partial charge in [0.1, 0.15) is 4.88 Å². The Labute approximate surface area is 175 Å². The SMILES string of the molecule is Cc1ccc(NC(=O)c2cccc(C(F)(F)F)c2)cc1-c1nc(Br)sc1C(N)=O. The molecule has 0 aliphatic rings. The molecular formula is C19H13BrF3N3O2S. The summed E-state index contributed by atoms with van der Waals surface area (Å²) in [4.78, 5) is 28.7. The monoisotopic (exact) mass is 483 g/mol. The third-order valence-corrected chi connectivity index (χ3v) is 5.55. The second kappa shape index (κ2) is 7.96. The van der Waals surface area contributed by atoms with E-state index in [0.717, 1.165) is 29.0 Å². The van der Waals surface area contributed by atoms with Crippen LogP contribution in [0.2, 0.25) is 0 Å². The molecule has 0 radical (unpaired) electrons. The van der Waals surface area contributed by atoms with Crippen molar-refractivity contribution in [2.75, 3.05) is 5.32 Å². The zero-order valence-electron chi connectivity index (χ0n) is 14.8. The van der Waals surface area contributed by atoms with Crippen LogP contribution < -0.4 is 11.1 Å². The number of hydrogen-bond donors (Lipinski definition) is 2. The van der Waals surface area contributed by atoms with E-state index in [1.807, 2.05) is 0 Å². The first-order valence-electron chi connectivity index (χ1n) is 8.12. The van der Waals surface area contributed by atoms with E-state index >= 15 is 0 Å². The first-order chi connectivity index (χ1) is 13.6. The van der Waals surface area contributed by atoms with Crippen molar-refractivity contribution >= 4 is 44.8 Å². The summed E-state index contributed by atoms with van der Waals surface area (Å²) >= 11 is 4.31. The molecule has 0 saturated carbocycles. The smallest absolute Gasteiger partial charge is 0.365 e. The minimum absolute atomic E-state index is 0.129. The molecule has 1 aromatic heterocycles. The number of benzene rings is 2. The first kappa shape index (κ1) is 21.0. The Bertz CT molecular complexity index is 1110. The molecule has 5 nitrogen and oxygen atoms in total. The molecule has 2 aromatic carbocycles. The molecule has 1 heterocycles. The van der Waals surface area contributed by atoms with Gasteiger partial charge in [0.05, 0.1) is 11.3 Å². The number of carbonyl (C=O) groups excluding carboxylic acids is 2. The van der Waals surface area contributed by atoms with Gasteiger partial charge in [-0.05, 0) is 58.7 Å². The van der Waals surface area contributed by atoms with E-state index in [-0.39, 0.29) is 10.4 Å². The van der Waals surface area contributed by atoms with Gasteiger partial charge in [-0.15, -0.1) is 11.3 Å². The molecule has 0 saturated heterocycles. The Morgan fingerprint density at radius 2 is 1.90 bits per heavy atom. The topological polar surface area (TPSA) is 85.1 Å². The third-order valence-electron chi connectivity index (χ3n) is 4.03. The summed E-state index contributed by atoms with van der Waals surface area (Å²) in [6.07, 6.45) is -4.55. The molecule has 0 unspecified atom stereocenters. The lowest BCUT2D eigenvalue weighted by Gasteiger charge is -2.11. The van der Waals surface area contributed by atoms with Gasteiger partial charge in [0.2, 0.25) is 0 Å². The van der Waals surface area contributed by atoms with E-state index < -0.39 is 23.6 Å². The van der Waals surface area contributed by atoms with Crippen LogP contribution in [0.15, 0.2) is 46.4 Å². The third kappa shape index (κ3) is 4.65. The van der Waals surface area contributed by atoms with Crippen molar-refractivity contribution in [2.24, 2.45) is 5.73 Å². The van der Waals surface area contributed by atoms with E-state index in [1.165, 1.54) is 12.1 Å². The van der Waals surface area contributed by atoms with Crippen molar-refractivity contribution in [1.82, 2.24) is 4.98 Å². The highest BCUT2D eigenvalue weighted by atomic mass is 79.9. The molecule has 2 amide bonds. The number of carbonyl (C=O) groups is 2. The summed E-state index contributed by atoms with van der Waals surface area (Å²) in [6, 6.07) is 9.05. The standard InChI is InChI=1S/C19H13BrF3N3O2S/c1-9-5-6-12(8-13(9)14-15(16(24)27)29-18(20)26-14)25-17(28)10-3-2-4-11(7-10)19(21,22)23/h2-8H,1H3,(H2,24,27)(H,25,28). The number of thiazole rings is 1. The number of halogens is 4. The molecule has 0 atom stereocenters. The zero-order valence-corrected chi connectivity index (χ0v) is 17.2. The maximum atomic E-state index is 12.9. The number of amides is 2. The zero-order chi connectivity index (χ0) is 21.3. The maximum Gasteiger partial charge on any atom is 0.416 e. The van der Waals surface area contributed by atoms with Gasteiger partial charge in [0.25, 0.3) is 11.8 Å². The van der Waals surface area contributed by atoms with Gasteiger partial charge in [0, 0.05) is 16.8 Å². The fourth-order valence-electron chi connectivity index (χ4n) is 2.64. The van der Waals surface area contributed by atoms with Crippen LogP contribution in [0.1, 0.15) is 31.2 Å². The van der Waals surface area contributed by atoms with E-state index in [0.29, 0.717) is 20.9 Å². The van der Waals surface area contributed by atoms with Crippen molar-refractivity contribution in [2.45, 2.75) is 13.1 Å². The molecule has 10 heteroatoms. The minimum Gasteiger partial charge on any atom is -0.365 e. The van der Waals surface area contributed by atoms with Crippen molar-refractivity contribution in [3.05, 3.63) is 67.9 Å². The van der Waals surface area contributed by atoms with Crippen LogP contribution in [0.3, 0.4) is 0 Å². The lowest BCUT2D eigenvalue weighted by atomic mass is 10.0. The summed E-state index contributed by atoms with van der Waals surface area (Å²) in [5.41, 5.74) is 6.43. The first-order valence-corrected chi connectivity index (χ1v) is 9.73. The van der Waals surface area contributed by atoms with Crippen molar-refractivity contribution < 1.29 is 22.8 Å². The Morgan fingerprint density at radius 3 is 2.55 bits per heavy atom. The highest BCUT2D eigenvalue weighted by molar-refractivity contribution is 9.11. The number of alkyl halides is 3. The van der Waals surface area contributed by atoms with Crippen LogP contribution in [-0.2, 0) is 6.18 Å². The molecule has 150 valence electrons. The van der Waals surface area contributed by atoms with Gasteiger partial charge in [0.15, 0.2) is 3.92 Å². The quantitative estimate of drug-likeness (QED) is 0.531. The predicted octanol–water partition coefficient (Wildman–Crippen LogP) is 5.25. The van der Waals surface area contributed by atoms with Gasteiger partial charge in [-0.3, -0.25) is 9.59 Å². The van der Waals surface area contributed by atoms with Crippen LogP contribution >= 0.6 is 27.3 Å². The van der Waals surface area contributed by atoms with Crippen LogP contribution in [0, 0.1) is 6.92 Å². The summed E-state index contributed by atoms with van der Waals surface area (Å²) < 4.78 is 39.1. The Hall–Kier alpha value is -2.72. The molecule has 0 aliphatic heterocycles. The average molecular weight is 484 g/mol. The highest BCUT2D eigenvalue weighted by Crippen LogP contribution is 2.34. The number of anilines is 1. The summed E-state index contributed by atoms with van der Waals surface area (Å²) in [5, 5.41) is 2.57. The Balaban J connectivity index is 1.93. The summed E-state index contributed by atoms with van der Waals surface area (Å²) in [6.45, 7) is 1.80. The summed E-state index contributed by atoms with van der Waals surface area (Å²) in [7, 11) is 0. The number of aryl methyl sites for hydroxylation is 1. The number of aromatic nitrogens is 1. The van der Waals surface area contributed by atoms with Gasteiger partial charge in [-0.25, -0.2) is 4.98 Å². The van der Waals surface area contributed by atoms with Crippen LogP contribution in [0.25, 0.3) is 11.3 Å². The Morgan fingerprint density at radius 1 is 1.17 bits per heavy atom.